The molecule has 0 spiro atoms. The maximum absolute atomic E-state index is 12.6. The van der Waals surface area contributed by atoms with Gasteiger partial charge >= 0.3 is 0 Å². The molecule has 0 unspecified atom stereocenters. The highest BCUT2D eigenvalue weighted by Crippen LogP contribution is 2.27. The summed E-state index contributed by atoms with van der Waals surface area (Å²) in [6.07, 6.45) is 11.6. The normalized spacial score (nSPS) is 19.9. The SMILES string of the molecule is CC/C=C\c1nn(CC2CCC(NC(=O)c3cc(C)ccc3Cl)CC2)cc1C. The van der Waals surface area contributed by atoms with Crippen LogP contribution in [-0.2, 0) is 6.54 Å². The van der Waals surface area contributed by atoms with Crippen molar-refractivity contribution >= 4 is 23.6 Å². The Morgan fingerprint density at radius 2 is 2.04 bits per heavy atom. The molecule has 1 aromatic carbocycles. The molecule has 0 saturated heterocycles. The smallest absolute Gasteiger partial charge is 0.253 e. The summed E-state index contributed by atoms with van der Waals surface area (Å²) in [5, 5.41) is 8.39. The minimum absolute atomic E-state index is 0.0628. The van der Waals surface area contributed by atoms with E-state index in [4.69, 9.17) is 16.7 Å². The molecule has 1 aromatic heterocycles. The second-order valence-corrected chi connectivity index (χ2v) is 8.31. The molecule has 1 fully saturated rings. The predicted octanol–water partition coefficient (Wildman–Crippen LogP) is 5.57. The number of allylic oxidation sites excluding steroid dienone is 1. The number of halogens is 1. The van der Waals surface area contributed by atoms with Crippen molar-refractivity contribution in [3.05, 3.63) is 57.9 Å². The van der Waals surface area contributed by atoms with E-state index in [0.717, 1.165) is 49.9 Å². The van der Waals surface area contributed by atoms with Crippen LogP contribution >= 0.6 is 11.6 Å². The summed E-state index contributed by atoms with van der Waals surface area (Å²) in [4.78, 5) is 12.6. The van der Waals surface area contributed by atoms with E-state index in [0.29, 0.717) is 16.5 Å². The largest absolute Gasteiger partial charge is 0.349 e. The predicted molar refractivity (Wildman–Crippen MR) is 116 cm³/mol. The lowest BCUT2D eigenvalue weighted by Crippen LogP contribution is -2.38. The first kappa shape index (κ1) is 20.7. The number of hydrogen-bond acceptors (Lipinski definition) is 2. The molecule has 5 heteroatoms. The fourth-order valence-electron chi connectivity index (χ4n) is 3.85. The fraction of sp³-hybridized carbons (Fsp3) is 0.478. The monoisotopic (exact) mass is 399 g/mol. The first-order valence-corrected chi connectivity index (χ1v) is 10.6. The van der Waals surface area contributed by atoms with Crippen LogP contribution in [0, 0.1) is 19.8 Å². The molecule has 0 radical (unpaired) electrons. The van der Waals surface area contributed by atoms with Gasteiger partial charge in [0, 0.05) is 18.8 Å². The van der Waals surface area contributed by atoms with E-state index in [1.54, 1.807) is 6.07 Å². The molecule has 1 heterocycles. The van der Waals surface area contributed by atoms with Crippen molar-refractivity contribution in [3.8, 4) is 0 Å². The molecule has 2 aromatic rings. The number of rotatable bonds is 6. The summed E-state index contributed by atoms with van der Waals surface area (Å²) in [5.74, 6) is 0.546. The maximum Gasteiger partial charge on any atom is 0.253 e. The molecular formula is C23H30ClN3O. The lowest BCUT2D eigenvalue weighted by Gasteiger charge is -2.29. The van der Waals surface area contributed by atoms with Gasteiger partial charge in [-0.2, -0.15) is 5.10 Å². The molecule has 1 saturated carbocycles. The Balaban J connectivity index is 1.51. The average Bonchev–Trinajstić information content (AvgIpc) is 3.02. The number of nitrogens with one attached hydrogen (secondary N) is 1. The van der Waals surface area contributed by atoms with Gasteiger partial charge < -0.3 is 5.32 Å². The molecule has 1 aliphatic rings. The number of nitrogens with zero attached hydrogens (tertiary/aromatic N) is 2. The van der Waals surface area contributed by atoms with E-state index in [1.807, 2.05) is 19.1 Å². The highest BCUT2D eigenvalue weighted by molar-refractivity contribution is 6.33. The molecule has 1 aliphatic carbocycles. The number of carbonyl (C=O) groups excluding carboxylic acids is 1. The minimum atomic E-state index is -0.0628. The summed E-state index contributed by atoms with van der Waals surface area (Å²) in [7, 11) is 0. The molecule has 3 rings (SSSR count). The quantitative estimate of drug-likeness (QED) is 0.690. The van der Waals surface area contributed by atoms with E-state index >= 15 is 0 Å². The standard InChI is InChI=1S/C23H30ClN3O/c1-4-5-6-22-17(3)14-27(26-22)15-18-8-10-19(11-9-18)25-23(28)20-13-16(2)7-12-21(20)24/h5-7,12-14,18-19H,4,8-11,15H2,1-3H3,(H,25,28)/b6-5-. The van der Waals surface area contributed by atoms with Crippen LogP contribution in [0.4, 0.5) is 0 Å². The van der Waals surface area contributed by atoms with Crippen molar-refractivity contribution in [1.82, 2.24) is 15.1 Å². The molecule has 150 valence electrons. The molecule has 0 aliphatic heterocycles. The van der Waals surface area contributed by atoms with Crippen LogP contribution in [0.2, 0.25) is 5.02 Å². The molecule has 1 amide bonds. The van der Waals surface area contributed by atoms with Crippen molar-refractivity contribution in [2.75, 3.05) is 0 Å². The molecule has 0 bridgehead atoms. The van der Waals surface area contributed by atoms with Gasteiger partial charge in [-0.25, -0.2) is 0 Å². The third-order valence-corrected chi connectivity index (χ3v) is 5.82. The highest BCUT2D eigenvalue weighted by atomic mass is 35.5. The van der Waals surface area contributed by atoms with Crippen LogP contribution in [-0.4, -0.2) is 21.7 Å². The lowest BCUT2D eigenvalue weighted by molar-refractivity contribution is 0.0920. The summed E-state index contributed by atoms with van der Waals surface area (Å²) in [6, 6.07) is 5.79. The van der Waals surface area contributed by atoms with Crippen LogP contribution in [0.1, 0.15) is 66.2 Å². The molecular weight excluding hydrogens is 370 g/mol. The number of carbonyl (C=O) groups is 1. The van der Waals surface area contributed by atoms with Gasteiger partial charge in [-0.1, -0.05) is 36.2 Å². The summed E-state index contributed by atoms with van der Waals surface area (Å²) in [5.41, 5.74) is 3.91. The summed E-state index contributed by atoms with van der Waals surface area (Å²) < 4.78 is 2.08. The van der Waals surface area contributed by atoms with E-state index in [2.05, 4.69) is 42.2 Å². The van der Waals surface area contributed by atoms with Crippen LogP contribution in [0.25, 0.3) is 6.08 Å². The second-order valence-electron chi connectivity index (χ2n) is 7.90. The topological polar surface area (TPSA) is 46.9 Å². The number of aryl methyl sites for hydroxylation is 2. The summed E-state index contributed by atoms with van der Waals surface area (Å²) in [6.45, 7) is 7.17. The van der Waals surface area contributed by atoms with Crippen molar-refractivity contribution in [2.45, 2.75) is 65.5 Å². The molecule has 1 N–H and O–H groups in total. The number of aromatic nitrogens is 2. The Morgan fingerprint density at radius 1 is 1.29 bits per heavy atom. The molecule has 0 atom stereocenters. The zero-order valence-electron chi connectivity index (χ0n) is 17.0. The average molecular weight is 400 g/mol. The van der Waals surface area contributed by atoms with Gasteiger partial charge in [-0.05, 0) is 75.6 Å². The third-order valence-electron chi connectivity index (χ3n) is 5.49. The van der Waals surface area contributed by atoms with Gasteiger partial charge in [-0.15, -0.1) is 0 Å². The van der Waals surface area contributed by atoms with Crippen molar-refractivity contribution in [1.29, 1.82) is 0 Å². The van der Waals surface area contributed by atoms with E-state index in [9.17, 15) is 4.79 Å². The van der Waals surface area contributed by atoms with Gasteiger partial charge in [0.2, 0.25) is 0 Å². The van der Waals surface area contributed by atoms with Gasteiger partial charge in [-0.3, -0.25) is 9.48 Å². The first-order valence-electron chi connectivity index (χ1n) is 10.2. The van der Waals surface area contributed by atoms with E-state index in [1.165, 1.54) is 5.56 Å². The Hall–Kier alpha value is -2.07. The first-order chi connectivity index (χ1) is 13.5. The van der Waals surface area contributed by atoms with Crippen molar-refractivity contribution in [3.63, 3.8) is 0 Å². The Kier molecular flexibility index (Phi) is 6.95. The summed E-state index contributed by atoms with van der Waals surface area (Å²) >= 11 is 6.19. The fourth-order valence-corrected chi connectivity index (χ4v) is 4.06. The zero-order chi connectivity index (χ0) is 20.1. The van der Waals surface area contributed by atoms with Crippen LogP contribution in [0.5, 0.6) is 0 Å². The second kappa shape index (κ2) is 9.42. The van der Waals surface area contributed by atoms with Crippen LogP contribution < -0.4 is 5.32 Å². The third kappa shape index (κ3) is 5.26. The lowest BCUT2D eigenvalue weighted by atomic mass is 9.86. The van der Waals surface area contributed by atoms with Crippen LogP contribution in [0.15, 0.2) is 30.5 Å². The number of amides is 1. The van der Waals surface area contributed by atoms with Gasteiger partial charge in [0.05, 0.1) is 16.3 Å². The Bertz CT molecular complexity index is 848. The van der Waals surface area contributed by atoms with E-state index in [-0.39, 0.29) is 11.9 Å². The maximum atomic E-state index is 12.6. The molecule has 4 nitrogen and oxygen atoms in total. The van der Waals surface area contributed by atoms with E-state index < -0.39 is 0 Å². The van der Waals surface area contributed by atoms with Crippen molar-refractivity contribution in [2.24, 2.45) is 5.92 Å². The molecule has 28 heavy (non-hydrogen) atoms. The van der Waals surface area contributed by atoms with Crippen LogP contribution in [0.3, 0.4) is 0 Å². The Morgan fingerprint density at radius 3 is 2.75 bits per heavy atom. The van der Waals surface area contributed by atoms with Gasteiger partial charge in [0.1, 0.15) is 0 Å². The zero-order valence-corrected chi connectivity index (χ0v) is 17.8. The Labute approximate surface area is 173 Å². The minimum Gasteiger partial charge on any atom is -0.349 e. The highest BCUT2D eigenvalue weighted by Gasteiger charge is 2.24. The number of hydrogen-bond donors (Lipinski definition) is 1. The number of benzene rings is 1. The van der Waals surface area contributed by atoms with Crippen molar-refractivity contribution < 1.29 is 4.79 Å². The van der Waals surface area contributed by atoms with Gasteiger partial charge in [0.15, 0.2) is 0 Å². The van der Waals surface area contributed by atoms with Gasteiger partial charge in [0.25, 0.3) is 5.91 Å².